The smallest absolute Gasteiger partial charge is 0.726 e. The fourth-order valence-electron chi connectivity index (χ4n) is 14.8. The van der Waals surface area contributed by atoms with Gasteiger partial charge in [-0.3, -0.25) is 29.3 Å². The van der Waals surface area contributed by atoms with Crippen molar-refractivity contribution in [3.05, 3.63) is 0 Å². The van der Waals surface area contributed by atoms with Gasteiger partial charge in [-0.25, -0.2) is 58.9 Å². The van der Waals surface area contributed by atoms with Crippen molar-refractivity contribution in [1.29, 1.82) is 0 Å². The Morgan fingerprint density at radius 1 is 0.167 bits per heavy atom. The van der Waals surface area contributed by atoms with Crippen LogP contribution in [0.4, 0.5) is 0 Å². The molecular weight excluding hydrogens is 1950 g/mol. The van der Waals surface area contributed by atoms with E-state index < -0.39 is 334 Å². The number of methoxy groups -OCH3 is 14. The number of hydrogen-bond acceptors (Lipinski definition) is 56. The normalized spacial score (nSPS) is 38.7. The van der Waals surface area contributed by atoms with Gasteiger partial charge < -0.3 is 165 Å². The minimum absolute atomic E-state index is 0. The van der Waals surface area contributed by atoms with Gasteiger partial charge >= 0.3 is 207 Å². The van der Waals surface area contributed by atoms with E-state index in [1.54, 1.807) is 0 Å². The zero-order valence-electron chi connectivity index (χ0n) is 71.9. The Morgan fingerprint density at radius 2 is 0.254 bits per heavy atom. The molecule has 0 amide bonds. The van der Waals surface area contributed by atoms with E-state index in [1.165, 1.54) is 0 Å². The van der Waals surface area contributed by atoms with Crippen LogP contribution in [0, 0.1) is 0 Å². The summed E-state index contributed by atoms with van der Waals surface area (Å²) < 4.78 is 466. The molecule has 1 unspecified atom stereocenters. The van der Waals surface area contributed by atoms with Crippen LogP contribution in [0.25, 0.3) is 0 Å². The first-order valence-corrected chi connectivity index (χ1v) is 43.8. The minimum Gasteiger partial charge on any atom is -0.726 e. The largest absolute Gasteiger partial charge is 1.00 e. The third-order valence-corrected chi connectivity index (χ3v) is 22.6. The summed E-state index contributed by atoms with van der Waals surface area (Å²) in [5.41, 5.74) is 0. The average molecular weight is 2050 g/mol. The maximum Gasteiger partial charge on any atom is 1.00 e. The summed E-state index contributed by atoms with van der Waals surface area (Å²) in [5.74, 6) is 0. The van der Waals surface area contributed by atoms with Gasteiger partial charge in [0.25, 0.3) is 0 Å². The van der Waals surface area contributed by atoms with Crippen LogP contribution in [0.3, 0.4) is 0 Å². The zero-order chi connectivity index (χ0) is 88.4. The zero-order valence-corrected chi connectivity index (χ0v) is 91.6. The maximum absolute atomic E-state index is 12.4. The molecule has 21 aliphatic rings. The maximum atomic E-state index is 12.4. The molecule has 21 aliphatic heterocycles. The van der Waals surface area contributed by atoms with Crippen molar-refractivity contribution < 1.29 is 460 Å². The van der Waals surface area contributed by atoms with Gasteiger partial charge in [-0.05, 0) is 0 Å². The molecule has 0 aromatic rings. The Kier molecular flexibility index (Phi) is 58.8. The topological polar surface area (TPSA) is 723 Å². The molecule has 21 fully saturated rings. The van der Waals surface area contributed by atoms with Crippen LogP contribution in [0.2, 0.25) is 0 Å². The summed E-state index contributed by atoms with van der Waals surface area (Å²) in [4.78, 5) is 0. The van der Waals surface area contributed by atoms with E-state index >= 15 is 0 Å². The quantitative estimate of drug-likeness (QED) is 0.0323. The van der Waals surface area contributed by atoms with Crippen molar-refractivity contribution in [2.24, 2.45) is 0 Å². The Bertz CT molecular complexity index is 3320. The van der Waals surface area contributed by atoms with Crippen LogP contribution in [0.5, 0.6) is 0 Å². The molecular formula is C56H91Na7O56S7. The molecule has 0 radical (unpaired) electrons. The minimum atomic E-state index is -5.77. The van der Waals surface area contributed by atoms with Gasteiger partial charge in [0.05, 0.1) is 46.2 Å². The van der Waals surface area contributed by atoms with Gasteiger partial charge in [0.2, 0.25) is 72.8 Å². The molecule has 21 saturated heterocycles. The molecule has 0 aromatic carbocycles. The van der Waals surface area contributed by atoms with Crippen LogP contribution < -0.4 is 207 Å². The van der Waals surface area contributed by atoms with Gasteiger partial charge in [-0.1, -0.05) is 0 Å². The van der Waals surface area contributed by atoms with E-state index in [4.69, 9.17) is 162 Å². The predicted octanol–water partition coefficient (Wildman–Crippen LogP) is -30.7. The first-order valence-electron chi connectivity index (χ1n) is 34.5. The molecule has 21 heterocycles. The fraction of sp³-hybridized carbons (Fsp3) is 1.00. The van der Waals surface area contributed by atoms with Crippen LogP contribution in [-0.4, -0.2) is 452 Å². The van der Waals surface area contributed by atoms with Gasteiger partial charge in [0.15, 0.2) is 44.0 Å². The van der Waals surface area contributed by atoms with Gasteiger partial charge in [0.1, 0.15) is 171 Å². The van der Waals surface area contributed by atoms with Crippen LogP contribution in [0.15, 0.2) is 0 Å². The monoisotopic (exact) mass is 2040 g/mol. The van der Waals surface area contributed by atoms with Gasteiger partial charge in [0, 0.05) is 99.5 Å². The molecule has 21 rings (SSSR count). The number of hydrogen-bond donors (Lipinski definition) is 0. The molecule has 700 valence electrons. The Labute approximate surface area is 881 Å². The van der Waals surface area contributed by atoms with Gasteiger partial charge in [-0.15, -0.1) is 0 Å². The predicted molar refractivity (Wildman–Crippen MR) is 355 cm³/mol. The summed E-state index contributed by atoms with van der Waals surface area (Å²) in [6.07, 6.45) is -68.5. The van der Waals surface area contributed by atoms with Crippen molar-refractivity contribution in [3.63, 3.8) is 0 Å². The Balaban J connectivity index is 0.0000113. The third kappa shape index (κ3) is 35.8. The number of ether oxygens (including phenoxy) is 28. The summed E-state index contributed by atoms with van der Waals surface area (Å²) in [7, 11) is -26.3. The second-order valence-corrected chi connectivity index (χ2v) is 33.5. The van der Waals surface area contributed by atoms with Crippen LogP contribution in [0.1, 0.15) is 0 Å². The van der Waals surface area contributed by atoms with E-state index in [1.807, 2.05) is 0 Å². The summed E-state index contributed by atoms with van der Waals surface area (Å²) >= 11 is 0. The molecule has 0 spiro atoms. The molecule has 0 aromatic heterocycles. The molecule has 0 aliphatic carbocycles. The summed E-state index contributed by atoms with van der Waals surface area (Å²) in [6, 6.07) is 0. The first-order chi connectivity index (χ1) is 55.7. The van der Waals surface area contributed by atoms with Crippen molar-refractivity contribution >= 4 is 72.8 Å². The molecule has 126 heavy (non-hydrogen) atoms. The SMILES string of the molecule is CO[C@@H]1[C@H](OC)[C@@H]2O[C@@H]3[C@@H](OC)[C@H](OC)C(O[C@@H]4[C@@H](OC)[C@H](OC)[C@H](O[C@@H]5[C@@H](OC)[C@H](OC)[C@H](O[C@@H]6[C@@H](OC)[C@H](OC)[C@H](O[C@@H]7[C@@H](OC)[C@@H](OC)[C@H](O[C@@H]8[C@@H](OC)[C@H](OC)[C@H](O[C@H]1[C@H](COS(=O)(=O)[O-])O2)O[C@H]8COS(=O)(=O)[O-])O[C@H]7COS(=O)(=O)[O-])O[C@H]6COS(=O)(=O)[O-])O[C@H]5COS(=O)(=O)[O-])O[C@H]4COS(=O)(=O)[O-])O[C@H]3COS(=O)(=O)[O-].[Na+].[Na+].[Na+].[Na+].[Na+].[Na+].[Na+]. The van der Waals surface area contributed by atoms with E-state index in [2.05, 4.69) is 0 Å². The average Bonchev–Trinajstić information content (AvgIpc) is 0.768. The second kappa shape index (κ2) is 57.5. The fourth-order valence-corrected chi connectivity index (χ4v) is 16.9. The molecule has 70 heteroatoms. The van der Waals surface area contributed by atoms with Crippen LogP contribution in [-0.2, 0) is 235 Å². The Hall–Kier alpha value is 4.97. The van der Waals surface area contributed by atoms with Crippen molar-refractivity contribution in [2.75, 3.05) is 146 Å². The first kappa shape index (κ1) is 129. The van der Waals surface area contributed by atoms with Crippen LogP contribution >= 0.6 is 0 Å². The molecule has 0 N–H and O–H groups in total. The molecule has 0 saturated carbocycles. The van der Waals surface area contributed by atoms with E-state index in [0.29, 0.717) is 0 Å². The summed E-state index contributed by atoms with van der Waals surface area (Å²) in [5, 5.41) is 0. The van der Waals surface area contributed by atoms with E-state index in [0.717, 1.165) is 99.5 Å². The van der Waals surface area contributed by atoms with Gasteiger partial charge in [-0.2, -0.15) is 0 Å². The van der Waals surface area contributed by atoms with Crippen molar-refractivity contribution in [2.45, 2.75) is 215 Å². The second-order valence-electron chi connectivity index (χ2n) is 26.2. The molecule has 14 bridgehead atoms. The van der Waals surface area contributed by atoms with E-state index in [-0.39, 0.29) is 207 Å². The number of rotatable bonds is 35. The molecule has 56 nitrogen and oxygen atoms in total. The van der Waals surface area contributed by atoms with Crippen molar-refractivity contribution in [3.8, 4) is 0 Å². The van der Waals surface area contributed by atoms with E-state index in [9.17, 15) is 90.8 Å². The van der Waals surface area contributed by atoms with Crippen molar-refractivity contribution in [1.82, 2.24) is 0 Å². The third-order valence-electron chi connectivity index (χ3n) is 19.6. The Morgan fingerprint density at radius 3 is 0.325 bits per heavy atom. The summed E-state index contributed by atoms with van der Waals surface area (Å²) in [6.45, 7) is -9.72. The molecule has 35 atom stereocenters. The standard InChI is InChI=1S/C56H98O56S7.7Na/c1-78-36-29-22(15-92-113(57,58)59)99-50(43(36)85-8)107-30-23(16-93-114(60,61)62)101-52(45(87-10)37(30)79-2)109-32-25(18-95-116(66,67)68)103-54(47(89-12)39(32)81-4)111-34-27(20-97-118(72,73)74)105-56(49(91-14)41(34)83-6)112-35-28(21-98-119(75,76)77)104-55(48(90-13)42(35)84-7)110-33-26(19-96-117(69,70)71)102-53(46(88-11)40(33)82-5)108-31-24(17-94-115(63,64)65)100-51(106-29)44(86-9)38(31)80-3;;;;;;;/h22-56H,15-21H2,1-14H3,(H,57,58,59)(H,60,61,62)(H,63,64,65)(H,66,67,68)(H,69,70,71)(H,72,73,74)(H,75,76,77);;;;;;;/q;7*+1/p-7/t22-,23-,24-,25-,26-,27-,28-,29-,30-,31-,32-,33-,34-,35-,36-,37+,38+,39+,40+,41+,42+,43-,44-,45-,46+,47-,48-,49-,50-,51-,52?,53-,54-,55-,56-;;;;;;;/m0......./s1.